The highest BCUT2D eigenvalue weighted by Crippen LogP contribution is 2.27. The molecule has 0 aliphatic heterocycles. The van der Waals surface area contributed by atoms with Gasteiger partial charge in [0, 0.05) is 12.1 Å². The summed E-state index contributed by atoms with van der Waals surface area (Å²) in [5.41, 5.74) is 1.11. The minimum Gasteiger partial charge on any atom is -0.490 e. The average Bonchev–Trinajstić information content (AvgIpc) is 2.92. The Bertz CT molecular complexity index is 522. The number of hydrogen-bond acceptors (Lipinski definition) is 4. The van der Waals surface area contributed by atoms with Gasteiger partial charge in [0.1, 0.15) is 12.4 Å². The molecule has 0 aliphatic rings. The van der Waals surface area contributed by atoms with E-state index in [1.807, 2.05) is 37.4 Å². The van der Waals surface area contributed by atoms with Gasteiger partial charge in [0.25, 0.3) is 0 Å². The molecule has 1 aromatic heterocycles. The van der Waals surface area contributed by atoms with Crippen LogP contribution >= 0.6 is 0 Å². The van der Waals surface area contributed by atoms with Crippen molar-refractivity contribution in [3.63, 3.8) is 0 Å². The van der Waals surface area contributed by atoms with Crippen molar-refractivity contribution in [2.45, 2.75) is 26.5 Å². The molecule has 0 bridgehead atoms. The third kappa shape index (κ3) is 4.03. The molecule has 0 unspecified atom stereocenters. The quantitative estimate of drug-likeness (QED) is 0.802. The van der Waals surface area contributed by atoms with Gasteiger partial charge in [0.05, 0.1) is 12.9 Å². The van der Waals surface area contributed by atoms with E-state index in [4.69, 9.17) is 13.9 Å². The monoisotopic (exact) mass is 275 g/mol. The van der Waals surface area contributed by atoms with E-state index in [-0.39, 0.29) is 0 Å². The maximum Gasteiger partial charge on any atom is 0.161 e. The lowest BCUT2D eigenvalue weighted by molar-refractivity contribution is 0.243. The minimum atomic E-state index is 0.399. The van der Waals surface area contributed by atoms with Crippen molar-refractivity contribution in [3.8, 4) is 11.5 Å². The van der Waals surface area contributed by atoms with Crippen molar-refractivity contribution in [1.29, 1.82) is 0 Å². The molecular formula is C16H21NO3. The Kier molecular flexibility index (Phi) is 5.50. The molecule has 0 fully saturated rings. The Labute approximate surface area is 119 Å². The summed E-state index contributed by atoms with van der Waals surface area (Å²) in [7, 11) is 1.91. The van der Waals surface area contributed by atoms with Crippen LogP contribution in [-0.4, -0.2) is 13.7 Å². The molecule has 2 aromatic rings. The number of rotatable bonds is 8. The van der Waals surface area contributed by atoms with Gasteiger partial charge in [-0.25, -0.2) is 0 Å². The van der Waals surface area contributed by atoms with E-state index >= 15 is 0 Å². The molecule has 0 radical (unpaired) electrons. The number of nitrogens with one attached hydrogen (secondary N) is 1. The van der Waals surface area contributed by atoms with E-state index in [1.54, 1.807) is 6.26 Å². The Morgan fingerprint density at radius 1 is 1.15 bits per heavy atom. The summed E-state index contributed by atoms with van der Waals surface area (Å²) in [6.07, 6.45) is 2.72. The maximum absolute atomic E-state index is 5.77. The van der Waals surface area contributed by atoms with E-state index in [2.05, 4.69) is 12.2 Å². The van der Waals surface area contributed by atoms with Crippen LogP contribution in [0.15, 0.2) is 41.0 Å². The van der Waals surface area contributed by atoms with Gasteiger partial charge < -0.3 is 19.2 Å². The lowest BCUT2D eigenvalue weighted by Crippen LogP contribution is -2.03. The Morgan fingerprint density at radius 2 is 1.90 bits per heavy atom. The van der Waals surface area contributed by atoms with Crippen molar-refractivity contribution in [1.82, 2.24) is 5.32 Å². The lowest BCUT2D eigenvalue weighted by atomic mass is 10.3. The third-order valence-electron chi connectivity index (χ3n) is 2.77. The molecule has 1 heterocycles. The van der Waals surface area contributed by atoms with E-state index in [9.17, 15) is 0 Å². The lowest BCUT2D eigenvalue weighted by Gasteiger charge is -2.11. The van der Waals surface area contributed by atoms with E-state index in [0.29, 0.717) is 13.2 Å². The van der Waals surface area contributed by atoms with Crippen molar-refractivity contribution >= 4 is 0 Å². The number of ether oxygens (including phenoxy) is 2. The van der Waals surface area contributed by atoms with E-state index in [1.165, 1.54) is 0 Å². The fraction of sp³-hybridized carbons (Fsp3) is 0.375. The average molecular weight is 275 g/mol. The van der Waals surface area contributed by atoms with Crippen molar-refractivity contribution in [2.75, 3.05) is 13.7 Å². The molecule has 0 saturated heterocycles. The predicted molar refractivity (Wildman–Crippen MR) is 78.0 cm³/mol. The Morgan fingerprint density at radius 3 is 2.60 bits per heavy atom. The number of para-hydroxylation sites is 2. The molecule has 2 rings (SSSR count). The number of benzene rings is 1. The first-order valence-corrected chi connectivity index (χ1v) is 6.89. The van der Waals surface area contributed by atoms with Gasteiger partial charge in [0.2, 0.25) is 0 Å². The first-order chi connectivity index (χ1) is 9.83. The second-order valence-corrected chi connectivity index (χ2v) is 4.54. The molecule has 20 heavy (non-hydrogen) atoms. The van der Waals surface area contributed by atoms with Gasteiger partial charge in [-0.3, -0.25) is 0 Å². The van der Waals surface area contributed by atoms with E-state index < -0.39 is 0 Å². The fourth-order valence-corrected chi connectivity index (χ4v) is 1.85. The summed E-state index contributed by atoms with van der Waals surface area (Å²) in [4.78, 5) is 0. The van der Waals surface area contributed by atoms with Crippen LogP contribution in [0.2, 0.25) is 0 Å². The van der Waals surface area contributed by atoms with Gasteiger partial charge in [0.15, 0.2) is 11.5 Å². The summed E-state index contributed by atoms with van der Waals surface area (Å²) in [5.74, 6) is 2.32. The second-order valence-electron chi connectivity index (χ2n) is 4.54. The zero-order chi connectivity index (χ0) is 14.2. The van der Waals surface area contributed by atoms with Crippen LogP contribution in [0.1, 0.15) is 24.7 Å². The Hall–Kier alpha value is -1.94. The van der Waals surface area contributed by atoms with E-state index in [0.717, 1.165) is 35.8 Å². The van der Waals surface area contributed by atoms with Crippen LogP contribution in [0.5, 0.6) is 11.5 Å². The molecular weight excluding hydrogens is 254 g/mol. The van der Waals surface area contributed by atoms with Crippen molar-refractivity contribution in [3.05, 3.63) is 47.9 Å². The molecule has 0 saturated carbocycles. The smallest absolute Gasteiger partial charge is 0.161 e. The Balaban J connectivity index is 1.95. The molecule has 1 aromatic carbocycles. The van der Waals surface area contributed by atoms with Crippen molar-refractivity contribution in [2.24, 2.45) is 0 Å². The third-order valence-corrected chi connectivity index (χ3v) is 2.77. The van der Waals surface area contributed by atoms with Gasteiger partial charge in [-0.2, -0.15) is 0 Å². The molecule has 0 aliphatic carbocycles. The van der Waals surface area contributed by atoms with Crippen LogP contribution in [0.4, 0.5) is 0 Å². The second kappa shape index (κ2) is 7.60. The SMILES string of the molecule is CCCOc1ccccc1OCc1cc(CNC)co1. The van der Waals surface area contributed by atoms with Crippen LogP contribution < -0.4 is 14.8 Å². The largest absolute Gasteiger partial charge is 0.490 e. The molecule has 0 spiro atoms. The topological polar surface area (TPSA) is 43.6 Å². The normalized spacial score (nSPS) is 10.5. The summed E-state index contributed by atoms with van der Waals surface area (Å²) in [6, 6.07) is 9.69. The molecule has 0 amide bonds. The highest BCUT2D eigenvalue weighted by Gasteiger charge is 2.06. The molecule has 108 valence electrons. The summed E-state index contributed by atoms with van der Waals surface area (Å²) in [5, 5.41) is 3.08. The zero-order valence-electron chi connectivity index (χ0n) is 12.0. The van der Waals surface area contributed by atoms with Crippen LogP contribution in [-0.2, 0) is 13.2 Å². The molecule has 4 nitrogen and oxygen atoms in total. The first-order valence-electron chi connectivity index (χ1n) is 6.89. The maximum atomic E-state index is 5.77. The molecule has 0 atom stereocenters. The highest BCUT2D eigenvalue weighted by molar-refractivity contribution is 5.39. The highest BCUT2D eigenvalue weighted by atomic mass is 16.5. The number of hydrogen-bond donors (Lipinski definition) is 1. The molecule has 4 heteroatoms. The summed E-state index contributed by atoms with van der Waals surface area (Å²) >= 11 is 0. The van der Waals surface area contributed by atoms with Gasteiger partial charge in [-0.1, -0.05) is 19.1 Å². The van der Waals surface area contributed by atoms with Gasteiger partial charge >= 0.3 is 0 Å². The van der Waals surface area contributed by atoms with Crippen molar-refractivity contribution < 1.29 is 13.9 Å². The first kappa shape index (κ1) is 14.5. The minimum absolute atomic E-state index is 0.399. The van der Waals surface area contributed by atoms with Gasteiger partial charge in [-0.05, 0) is 31.7 Å². The predicted octanol–water partition coefficient (Wildman–Crippen LogP) is 3.37. The van der Waals surface area contributed by atoms with Crippen LogP contribution in [0, 0.1) is 0 Å². The standard InChI is InChI=1S/C16H21NO3/c1-3-8-18-15-6-4-5-7-16(15)20-12-14-9-13(10-17-2)11-19-14/h4-7,9,11,17H,3,8,10,12H2,1-2H3. The summed E-state index contributed by atoms with van der Waals surface area (Å²) < 4.78 is 16.9. The van der Waals surface area contributed by atoms with Crippen LogP contribution in [0.3, 0.4) is 0 Å². The molecule has 1 N–H and O–H groups in total. The van der Waals surface area contributed by atoms with Crippen LogP contribution in [0.25, 0.3) is 0 Å². The zero-order valence-corrected chi connectivity index (χ0v) is 12.0. The number of furan rings is 1. The fourth-order valence-electron chi connectivity index (χ4n) is 1.85. The van der Waals surface area contributed by atoms with Gasteiger partial charge in [-0.15, -0.1) is 0 Å². The summed E-state index contributed by atoms with van der Waals surface area (Å²) in [6.45, 7) is 3.96.